The Kier molecular flexibility index (Phi) is 5.21. The number of carboxylic acid groups (broad SMARTS) is 1. The topological polar surface area (TPSA) is 124 Å². The Morgan fingerprint density at radius 1 is 1.38 bits per heavy atom. The first-order valence-corrected chi connectivity index (χ1v) is 8.32. The summed E-state index contributed by atoms with van der Waals surface area (Å²) < 4.78 is 0. The number of carboxylic acids is 1. The number of carbonyl (C=O) groups excluding carboxylic acids is 1. The molecule has 2 aromatic rings. The Labute approximate surface area is 150 Å². The van der Waals surface area contributed by atoms with E-state index in [0.29, 0.717) is 19.0 Å². The first-order valence-electron chi connectivity index (χ1n) is 8.32. The number of rotatable bonds is 7. The summed E-state index contributed by atoms with van der Waals surface area (Å²) in [6, 6.07) is 6.68. The fourth-order valence-electron chi connectivity index (χ4n) is 2.83. The summed E-state index contributed by atoms with van der Waals surface area (Å²) in [4.78, 5) is 32.7. The molecule has 1 aliphatic rings. The van der Waals surface area contributed by atoms with Gasteiger partial charge in [-0.1, -0.05) is 18.2 Å². The summed E-state index contributed by atoms with van der Waals surface area (Å²) in [6.07, 6.45) is 5.62. The summed E-state index contributed by atoms with van der Waals surface area (Å²) in [5.74, 6) is -0.914. The van der Waals surface area contributed by atoms with Crippen LogP contribution in [0.5, 0.6) is 0 Å². The highest BCUT2D eigenvalue weighted by atomic mass is 16.4. The van der Waals surface area contributed by atoms with Crippen molar-refractivity contribution in [1.82, 2.24) is 15.2 Å². The van der Waals surface area contributed by atoms with E-state index in [1.165, 1.54) is 0 Å². The van der Waals surface area contributed by atoms with Crippen LogP contribution in [0, 0.1) is 0 Å². The number of hydrogen-bond donors (Lipinski definition) is 4. The first-order chi connectivity index (χ1) is 12.5. The van der Waals surface area contributed by atoms with Gasteiger partial charge in [-0.3, -0.25) is 4.79 Å². The molecule has 8 nitrogen and oxygen atoms in total. The normalized spacial score (nSPS) is 14.9. The van der Waals surface area contributed by atoms with Crippen LogP contribution >= 0.6 is 0 Å². The maximum absolute atomic E-state index is 12.2. The summed E-state index contributed by atoms with van der Waals surface area (Å²) in [7, 11) is 0. The van der Waals surface area contributed by atoms with E-state index in [0.717, 1.165) is 16.5 Å². The number of nitrogens with zero attached hydrogens (tertiary/aromatic N) is 2. The summed E-state index contributed by atoms with van der Waals surface area (Å²) in [6.45, 7) is 0.839. The molecule has 1 amide bonds. The molecule has 0 saturated heterocycles. The Morgan fingerprint density at radius 2 is 2.19 bits per heavy atom. The zero-order chi connectivity index (χ0) is 18.5. The number of fused-ring (bicyclic) bond motifs is 1. The van der Waals surface area contributed by atoms with Crippen molar-refractivity contribution in [2.45, 2.75) is 18.9 Å². The van der Waals surface area contributed by atoms with Gasteiger partial charge >= 0.3 is 5.97 Å². The average Bonchev–Trinajstić information content (AvgIpc) is 3.04. The number of nitrogens with one attached hydrogen (secondary N) is 2. The van der Waals surface area contributed by atoms with Crippen LogP contribution in [-0.2, 0) is 16.0 Å². The number of amides is 1. The standard InChI is InChI=1S/C18H21N5O3/c19-16-5-7-23(11-21-16)8-6-17(24)22-15(18(25)26)9-12-10-20-14-4-2-1-3-13(12)14/h1-5,7,10,15,20H,6,8-9,11H2,(H2,19,21)(H,22,24)(H,25,26). The maximum atomic E-state index is 12.2. The van der Waals surface area contributed by atoms with E-state index in [4.69, 9.17) is 5.73 Å². The van der Waals surface area contributed by atoms with Crippen LogP contribution in [-0.4, -0.2) is 52.0 Å². The van der Waals surface area contributed by atoms with Crippen molar-refractivity contribution in [3.8, 4) is 0 Å². The van der Waals surface area contributed by atoms with Gasteiger partial charge in [-0.25, -0.2) is 9.79 Å². The Morgan fingerprint density at radius 3 is 2.92 bits per heavy atom. The Hall–Kier alpha value is -3.29. The van der Waals surface area contributed by atoms with Gasteiger partial charge in [-0.15, -0.1) is 0 Å². The maximum Gasteiger partial charge on any atom is 0.326 e. The molecule has 26 heavy (non-hydrogen) atoms. The van der Waals surface area contributed by atoms with E-state index in [2.05, 4.69) is 15.3 Å². The second-order valence-electron chi connectivity index (χ2n) is 6.12. The van der Waals surface area contributed by atoms with E-state index in [1.54, 1.807) is 18.5 Å². The van der Waals surface area contributed by atoms with Crippen molar-refractivity contribution in [2.24, 2.45) is 10.7 Å². The Balaban J connectivity index is 1.57. The molecule has 0 spiro atoms. The predicted octanol–water partition coefficient (Wildman–Crippen LogP) is 0.814. The van der Waals surface area contributed by atoms with Crippen molar-refractivity contribution in [3.05, 3.63) is 48.3 Å². The fourth-order valence-corrected chi connectivity index (χ4v) is 2.83. The molecule has 0 radical (unpaired) electrons. The summed E-state index contributed by atoms with van der Waals surface area (Å²) in [5, 5.41) is 13.0. The molecule has 1 aromatic carbocycles. The molecular formula is C18H21N5O3. The van der Waals surface area contributed by atoms with Crippen molar-refractivity contribution < 1.29 is 14.7 Å². The summed E-state index contributed by atoms with van der Waals surface area (Å²) >= 11 is 0. The SMILES string of the molecule is NC1=NCN(CCC(=O)NC(Cc2c[nH]c3ccccc23)C(=O)O)C=C1. The molecule has 1 atom stereocenters. The molecule has 0 fully saturated rings. The van der Waals surface area contributed by atoms with Gasteiger partial charge < -0.3 is 26.0 Å². The number of H-pyrrole nitrogens is 1. The van der Waals surface area contributed by atoms with Crippen LogP contribution in [0.4, 0.5) is 0 Å². The van der Waals surface area contributed by atoms with E-state index in [1.807, 2.05) is 29.2 Å². The molecule has 1 unspecified atom stereocenters. The van der Waals surface area contributed by atoms with Crippen molar-refractivity contribution in [2.75, 3.05) is 13.2 Å². The van der Waals surface area contributed by atoms with Crippen LogP contribution in [0.2, 0.25) is 0 Å². The lowest BCUT2D eigenvalue weighted by atomic mass is 10.0. The number of carbonyl (C=O) groups is 2. The quantitative estimate of drug-likeness (QED) is 0.585. The van der Waals surface area contributed by atoms with Gasteiger partial charge in [0.25, 0.3) is 0 Å². The third kappa shape index (κ3) is 4.21. The number of hydrogen-bond acceptors (Lipinski definition) is 5. The van der Waals surface area contributed by atoms with Gasteiger partial charge in [0.2, 0.25) is 5.91 Å². The van der Waals surface area contributed by atoms with Gasteiger partial charge in [0, 0.05) is 42.7 Å². The molecule has 136 valence electrons. The Bertz CT molecular complexity index is 871. The average molecular weight is 355 g/mol. The fraction of sp³-hybridized carbons (Fsp3) is 0.278. The third-order valence-electron chi connectivity index (χ3n) is 4.25. The monoisotopic (exact) mass is 355 g/mol. The number of aliphatic carboxylic acids is 1. The lowest BCUT2D eigenvalue weighted by Crippen LogP contribution is -2.43. The second kappa shape index (κ2) is 7.73. The number of nitrogens with two attached hydrogens (primary N) is 1. The zero-order valence-electron chi connectivity index (χ0n) is 14.2. The number of amidine groups is 1. The highest BCUT2D eigenvalue weighted by Gasteiger charge is 2.22. The van der Waals surface area contributed by atoms with Gasteiger partial charge in [0.1, 0.15) is 18.5 Å². The molecule has 5 N–H and O–H groups in total. The molecule has 2 heterocycles. The molecular weight excluding hydrogens is 334 g/mol. The van der Waals surface area contributed by atoms with Crippen molar-refractivity contribution >= 4 is 28.6 Å². The number of aromatic amines is 1. The third-order valence-corrected chi connectivity index (χ3v) is 4.25. The summed E-state index contributed by atoms with van der Waals surface area (Å²) in [5.41, 5.74) is 7.34. The minimum Gasteiger partial charge on any atom is -0.480 e. The number of aliphatic imine (C=N–C) groups is 1. The zero-order valence-corrected chi connectivity index (χ0v) is 14.2. The number of para-hydroxylation sites is 1. The molecule has 1 aromatic heterocycles. The molecule has 3 rings (SSSR count). The lowest BCUT2D eigenvalue weighted by Gasteiger charge is -2.21. The molecule has 1 aliphatic heterocycles. The van der Waals surface area contributed by atoms with Crippen LogP contribution < -0.4 is 11.1 Å². The lowest BCUT2D eigenvalue weighted by molar-refractivity contribution is -0.141. The smallest absolute Gasteiger partial charge is 0.326 e. The van der Waals surface area contributed by atoms with E-state index in [-0.39, 0.29) is 18.7 Å². The van der Waals surface area contributed by atoms with Crippen LogP contribution in [0.15, 0.2) is 47.7 Å². The van der Waals surface area contributed by atoms with Gasteiger partial charge in [-0.05, 0) is 17.7 Å². The van der Waals surface area contributed by atoms with Crippen molar-refractivity contribution in [1.29, 1.82) is 0 Å². The minimum absolute atomic E-state index is 0.178. The van der Waals surface area contributed by atoms with Gasteiger partial charge in [-0.2, -0.15) is 0 Å². The molecule has 8 heteroatoms. The number of benzene rings is 1. The second-order valence-corrected chi connectivity index (χ2v) is 6.12. The van der Waals surface area contributed by atoms with E-state index >= 15 is 0 Å². The largest absolute Gasteiger partial charge is 0.480 e. The molecule has 0 saturated carbocycles. The van der Waals surface area contributed by atoms with Gasteiger partial charge in [0.15, 0.2) is 0 Å². The van der Waals surface area contributed by atoms with Gasteiger partial charge in [0.05, 0.1) is 0 Å². The molecule has 0 bridgehead atoms. The molecule has 0 aliphatic carbocycles. The first kappa shape index (κ1) is 17.5. The van der Waals surface area contributed by atoms with E-state index < -0.39 is 12.0 Å². The highest BCUT2D eigenvalue weighted by molar-refractivity contribution is 5.91. The number of aromatic nitrogens is 1. The predicted molar refractivity (Wildman–Crippen MR) is 98.5 cm³/mol. The highest BCUT2D eigenvalue weighted by Crippen LogP contribution is 2.19. The van der Waals surface area contributed by atoms with Crippen LogP contribution in [0.1, 0.15) is 12.0 Å². The van der Waals surface area contributed by atoms with Crippen LogP contribution in [0.3, 0.4) is 0 Å². The minimum atomic E-state index is -1.06. The van der Waals surface area contributed by atoms with Crippen LogP contribution in [0.25, 0.3) is 10.9 Å². The van der Waals surface area contributed by atoms with Crippen molar-refractivity contribution in [3.63, 3.8) is 0 Å². The van der Waals surface area contributed by atoms with E-state index in [9.17, 15) is 14.7 Å².